The van der Waals surface area contributed by atoms with Crippen LogP contribution in [0.3, 0.4) is 0 Å². The Kier molecular flexibility index (Phi) is 2.82. The number of nitrogens with zero attached hydrogens (tertiary/aromatic N) is 2. The van der Waals surface area contributed by atoms with Crippen LogP contribution in [0.15, 0.2) is 15.7 Å². The molecule has 1 aliphatic rings. The Balaban J connectivity index is 2.34. The van der Waals surface area contributed by atoms with E-state index in [9.17, 15) is 9.59 Å². The van der Waals surface area contributed by atoms with Gasteiger partial charge in [0.05, 0.1) is 0 Å². The van der Waals surface area contributed by atoms with Crippen molar-refractivity contribution in [2.24, 2.45) is 7.05 Å². The summed E-state index contributed by atoms with van der Waals surface area (Å²) in [5.41, 5.74) is -0.640. The normalized spacial score (nSPS) is 21.1. The summed E-state index contributed by atoms with van der Waals surface area (Å²) in [6, 6.07) is 1.83. The van der Waals surface area contributed by atoms with E-state index in [4.69, 9.17) is 0 Å². The zero-order valence-electron chi connectivity index (χ0n) is 9.49. The lowest BCUT2D eigenvalue weighted by atomic mass is 10.2. The lowest BCUT2D eigenvalue weighted by molar-refractivity contribution is 0.481. The molecule has 0 spiro atoms. The molecule has 1 aromatic rings. The molecule has 1 atom stereocenters. The number of H-pyrrole nitrogens is 1. The van der Waals surface area contributed by atoms with Gasteiger partial charge in [-0.3, -0.25) is 14.3 Å². The van der Waals surface area contributed by atoms with Crippen LogP contribution in [0, 0.1) is 0 Å². The van der Waals surface area contributed by atoms with Gasteiger partial charge in [-0.15, -0.1) is 0 Å². The van der Waals surface area contributed by atoms with Gasteiger partial charge in [0, 0.05) is 38.8 Å². The highest BCUT2D eigenvalue weighted by Gasteiger charge is 2.17. The molecule has 6 nitrogen and oxygen atoms in total. The molecule has 2 rings (SSSR count). The number of aromatic nitrogens is 2. The predicted octanol–water partition coefficient (Wildman–Crippen LogP) is -1.13. The average molecular weight is 224 g/mol. The van der Waals surface area contributed by atoms with E-state index >= 15 is 0 Å². The van der Waals surface area contributed by atoms with Gasteiger partial charge in [0.25, 0.3) is 5.56 Å². The van der Waals surface area contributed by atoms with Crippen molar-refractivity contribution in [3.63, 3.8) is 0 Å². The summed E-state index contributed by atoms with van der Waals surface area (Å²) >= 11 is 0. The maximum Gasteiger partial charge on any atom is 0.329 e. The van der Waals surface area contributed by atoms with Crippen LogP contribution in [0.4, 0.5) is 5.82 Å². The summed E-state index contributed by atoms with van der Waals surface area (Å²) in [6.45, 7) is 4.53. The average Bonchev–Trinajstić information content (AvgIpc) is 2.25. The molecule has 1 aromatic heterocycles. The molecule has 0 radical (unpaired) electrons. The van der Waals surface area contributed by atoms with Crippen molar-refractivity contribution in [1.29, 1.82) is 0 Å². The van der Waals surface area contributed by atoms with Crippen molar-refractivity contribution in [3.8, 4) is 0 Å². The second-order valence-electron chi connectivity index (χ2n) is 4.16. The summed E-state index contributed by atoms with van der Waals surface area (Å²) < 4.78 is 1.06. The number of piperazine rings is 1. The van der Waals surface area contributed by atoms with E-state index in [-0.39, 0.29) is 11.2 Å². The molecule has 1 aliphatic heterocycles. The molecule has 0 bridgehead atoms. The Bertz CT molecular complexity index is 459. The number of hydrogen-bond acceptors (Lipinski definition) is 4. The largest absolute Gasteiger partial charge is 0.355 e. The van der Waals surface area contributed by atoms with Gasteiger partial charge < -0.3 is 10.2 Å². The summed E-state index contributed by atoms with van der Waals surface area (Å²) in [5, 5.41) is 3.31. The first-order valence-corrected chi connectivity index (χ1v) is 5.36. The molecule has 1 unspecified atom stereocenters. The third-order valence-corrected chi connectivity index (χ3v) is 2.84. The highest BCUT2D eigenvalue weighted by atomic mass is 16.2. The van der Waals surface area contributed by atoms with Crippen LogP contribution in [0.5, 0.6) is 0 Å². The van der Waals surface area contributed by atoms with Crippen molar-refractivity contribution < 1.29 is 0 Å². The van der Waals surface area contributed by atoms with Gasteiger partial charge in [0.15, 0.2) is 0 Å². The molecule has 88 valence electrons. The quantitative estimate of drug-likeness (QED) is 0.633. The van der Waals surface area contributed by atoms with Crippen LogP contribution in [-0.4, -0.2) is 35.2 Å². The Morgan fingerprint density at radius 2 is 2.19 bits per heavy atom. The molecule has 1 saturated heterocycles. The second kappa shape index (κ2) is 4.13. The van der Waals surface area contributed by atoms with Crippen molar-refractivity contribution in [3.05, 3.63) is 26.9 Å². The van der Waals surface area contributed by atoms with Crippen LogP contribution in [0.2, 0.25) is 0 Å². The molecular weight excluding hydrogens is 208 g/mol. The molecule has 0 amide bonds. The standard InChI is InChI=1S/C10H16N4O2/c1-7-6-14(4-3-11-7)8-5-9(15)13(2)10(16)12-8/h5,7,11H,3-4,6H2,1-2H3,(H,12,16). The predicted molar refractivity (Wildman–Crippen MR) is 62.0 cm³/mol. The lowest BCUT2D eigenvalue weighted by Crippen LogP contribution is -2.50. The zero-order valence-corrected chi connectivity index (χ0v) is 9.49. The van der Waals surface area contributed by atoms with E-state index in [0.717, 1.165) is 24.2 Å². The number of nitrogens with one attached hydrogen (secondary N) is 2. The van der Waals surface area contributed by atoms with Crippen LogP contribution >= 0.6 is 0 Å². The van der Waals surface area contributed by atoms with Gasteiger partial charge in [0.2, 0.25) is 0 Å². The fourth-order valence-electron chi connectivity index (χ4n) is 1.86. The molecule has 16 heavy (non-hydrogen) atoms. The highest BCUT2D eigenvalue weighted by Crippen LogP contribution is 2.08. The van der Waals surface area contributed by atoms with Crippen LogP contribution in [0.25, 0.3) is 0 Å². The Morgan fingerprint density at radius 3 is 2.81 bits per heavy atom. The first-order chi connectivity index (χ1) is 7.58. The lowest BCUT2D eigenvalue weighted by Gasteiger charge is -2.32. The third-order valence-electron chi connectivity index (χ3n) is 2.84. The summed E-state index contributed by atoms with van der Waals surface area (Å²) in [5.74, 6) is 0.612. The van der Waals surface area contributed by atoms with E-state index in [1.54, 1.807) is 0 Å². The van der Waals surface area contributed by atoms with Gasteiger partial charge in [-0.05, 0) is 6.92 Å². The van der Waals surface area contributed by atoms with Crippen molar-refractivity contribution >= 4 is 5.82 Å². The van der Waals surface area contributed by atoms with Crippen LogP contribution in [0.1, 0.15) is 6.92 Å². The van der Waals surface area contributed by atoms with E-state index in [1.807, 2.05) is 4.90 Å². The number of rotatable bonds is 1. The first kappa shape index (κ1) is 10.9. The molecule has 0 saturated carbocycles. The van der Waals surface area contributed by atoms with E-state index < -0.39 is 0 Å². The second-order valence-corrected chi connectivity index (χ2v) is 4.16. The van der Waals surface area contributed by atoms with Crippen molar-refractivity contribution in [1.82, 2.24) is 14.9 Å². The van der Waals surface area contributed by atoms with E-state index in [2.05, 4.69) is 17.2 Å². The third kappa shape index (κ3) is 2.01. The number of hydrogen-bond donors (Lipinski definition) is 2. The highest BCUT2D eigenvalue weighted by molar-refractivity contribution is 5.37. The topological polar surface area (TPSA) is 70.1 Å². The van der Waals surface area contributed by atoms with Gasteiger partial charge >= 0.3 is 5.69 Å². The van der Waals surface area contributed by atoms with Crippen molar-refractivity contribution in [2.45, 2.75) is 13.0 Å². The van der Waals surface area contributed by atoms with E-state index in [0.29, 0.717) is 11.9 Å². The Hall–Kier alpha value is -1.56. The zero-order chi connectivity index (χ0) is 11.7. The SMILES string of the molecule is CC1CN(c2cc(=O)n(C)c(=O)[nH]2)CCN1. The molecular formula is C10H16N4O2. The summed E-state index contributed by atoms with van der Waals surface area (Å²) in [4.78, 5) is 27.7. The van der Waals surface area contributed by atoms with Gasteiger partial charge in [-0.2, -0.15) is 0 Å². The number of anilines is 1. The van der Waals surface area contributed by atoms with Gasteiger partial charge in [-0.25, -0.2) is 4.79 Å². The molecule has 2 heterocycles. The molecule has 0 aliphatic carbocycles. The van der Waals surface area contributed by atoms with Crippen LogP contribution in [-0.2, 0) is 7.05 Å². The maximum absolute atomic E-state index is 11.5. The first-order valence-electron chi connectivity index (χ1n) is 5.36. The summed E-state index contributed by atoms with van der Waals surface area (Å²) in [7, 11) is 1.46. The molecule has 0 aromatic carbocycles. The fraction of sp³-hybridized carbons (Fsp3) is 0.600. The summed E-state index contributed by atoms with van der Waals surface area (Å²) in [6.07, 6.45) is 0. The van der Waals surface area contributed by atoms with Crippen LogP contribution < -0.4 is 21.5 Å². The molecule has 1 fully saturated rings. The minimum absolute atomic E-state index is 0.273. The molecule has 2 N–H and O–H groups in total. The maximum atomic E-state index is 11.5. The minimum Gasteiger partial charge on any atom is -0.355 e. The Morgan fingerprint density at radius 1 is 1.44 bits per heavy atom. The Labute approximate surface area is 92.9 Å². The van der Waals surface area contributed by atoms with Gasteiger partial charge in [-0.1, -0.05) is 0 Å². The number of aromatic amines is 1. The fourth-order valence-corrected chi connectivity index (χ4v) is 1.86. The minimum atomic E-state index is -0.367. The van der Waals surface area contributed by atoms with Gasteiger partial charge in [0.1, 0.15) is 5.82 Å². The smallest absolute Gasteiger partial charge is 0.329 e. The van der Waals surface area contributed by atoms with E-state index in [1.165, 1.54) is 13.1 Å². The monoisotopic (exact) mass is 224 g/mol. The van der Waals surface area contributed by atoms with Crippen molar-refractivity contribution in [2.75, 3.05) is 24.5 Å². The molecule has 6 heteroatoms.